The number of rotatable bonds is 6. The third kappa shape index (κ3) is 3.28. The summed E-state index contributed by atoms with van der Waals surface area (Å²) in [5.74, 6) is -0.897. The van der Waals surface area contributed by atoms with Crippen molar-refractivity contribution in [2.45, 2.75) is 55.9 Å². The fourth-order valence-corrected chi connectivity index (χ4v) is 4.00. The third-order valence-electron chi connectivity index (χ3n) is 4.03. The normalized spacial score (nSPS) is 22.3. The fourth-order valence-electron chi connectivity index (χ4n) is 2.75. The van der Waals surface area contributed by atoms with Crippen molar-refractivity contribution in [1.82, 2.24) is 14.5 Å². The van der Waals surface area contributed by atoms with E-state index in [1.807, 2.05) is 6.92 Å². The first-order chi connectivity index (χ1) is 9.97. The molecule has 0 spiro atoms. The molecule has 0 bridgehead atoms. The topological polar surface area (TPSA) is 82.5 Å². The van der Waals surface area contributed by atoms with Gasteiger partial charge in [0, 0.05) is 33.4 Å². The smallest absolute Gasteiger partial charge is 0.244 e. The lowest BCUT2D eigenvalue weighted by atomic mass is 9.89. The molecule has 120 valence electrons. The first kappa shape index (κ1) is 16.4. The van der Waals surface area contributed by atoms with Gasteiger partial charge in [-0.15, -0.1) is 0 Å². The maximum absolute atomic E-state index is 12.5. The van der Waals surface area contributed by atoms with Gasteiger partial charge in [-0.05, 0) is 19.8 Å². The second-order valence-corrected chi connectivity index (χ2v) is 6.89. The summed E-state index contributed by atoms with van der Waals surface area (Å²) in [5.41, 5.74) is 0. The van der Waals surface area contributed by atoms with Crippen molar-refractivity contribution in [1.29, 1.82) is 0 Å². The van der Waals surface area contributed by atoms with E-state index >= 15 is 0 Å². The van der Waals surface area contributed by atoms with E-state index in [0.717, 1.165) is 12.8 Å². The quantitative estimate of drug-likeness (QED) is 0.795. The van der Waals surface area contributed by atoms with Gasteiger partial charge in [0.05, 0.1) is 12.2 Å². The molecule has 21 heavy (non-hydrogen) atoms. The summed E-state index contributed by atoms with van der Waals surface area (Å²) in [6, 6.07) is -0.406. The number of nitrogens with zero attached hydrogens (tertiary/aromatic N) is 2. The summed E-state index contributed by atoms with van der Waals surface area (Å²) in [4.78, 5) is 0.163. The van der Waals surface area contributed by atoms with Gasteiger partial charge in [0.2, 0.25) is 10.0 Å². The summed E-state index contributed by atoms with van der Waals surface area (Å²) in [6.45, 7) is 2.53. The number of hydrogen-bond donors (Lipinski definition) is 1. The molecule has 2 rings (SSSR count). The van der Waals surface area contributed by atoms with Crippen molar-refractivity contribution in [3.8, 4) is 0 Å². The van der Waals surface area contributed by atoms with Crippen molar-refractivity contribution in [2.24, 2.45) is 0 Å². The van der Waals surface area contributed by atoms with E-state index in [1.54, 1.807) is 18.9 Å². The van der Waals surface area contributed by atoms with Crippen LogP contribution in [0, 0.1) is 0 Å². The number of ether oxygens (including phenoxy) is 2. The zero-order valence-electron chi connectivity index (χ0n) is 12.7. The average Bonchev–Trinajstić information content (AvgIpc) is 2.97. The van der Waals surface area contributed by atoms with Gasteiger partial charge in [-0.1, -0.05) is 6.42 Å². The van der Waals surface area contributed by atoms with E-state index in [2.05, 4.69) is 9.82 Å². The second kappa shape index (κ2) is 6.43. The van der Waals surface area contributed by atoms with Crippen LogP contribution < -0.4 is 4.72 Å². The molecule has 1 aromatic heterocycles. The molecule has 0 saturated heterocycles. The van der Waals surface area contributed by atoms with Gasteiger partial charge in [0.1, 0.15) is 4.90 Å². The maximum atomic E-state index is 12.5. The summed E-state index contributed by atoms with van der Waals surface area (Å²) in [6.07, 6.45) is 6.12. The molecule has 0 aromatic carbocycles. The van der Waals surface area contributed by atoms with Crippen molar-refractivity contribution in [3.05, 3.63) is 12.4 Å². The highest BCUT2D eigenvalue weighted by molar-refractivity contribution is 7.89. The lowest BCUT2D eigenvalue weighted by molar-refractivity contribution is -0.235. The Kier molecular flexibility index (Phi) is 5.03. The SMILES string of the molecule is CCn1cc(S(=O)(=O)N[C@@H]2CCCCC2(OC)OC)cn1. The summed E-state index contributed by atoms with van der Waals surface area (Å²) < 4.78 is 40.2. The first-order valence-corrected chi connectivity index (χ1v) is 8.61. The van der Waals surface area contributed by atoms with E-state index in [-0.39, 0.29) is 4.90 Å². The minimum atomic E-state index is -3.63. The van der Waals surface area contributed by atoms with Gasteiger partial charge < -0.3 is 9.47 Å². The van der Waals surface area contributed by atoms with Crippen LogP contribution in [0.2, 0.25) is 0 Å². The molecule has 0 aliphatic heterocycles. The van der Waals surface area contributed by atoms with E-state index in [9.17, 15) is 8.42 Å². The predicted molar refractivity (Wildman–Crippen MR) is 77.2 cm³/mol. The van der Waals surface area contributed by atoms with Crippen LogP contribution in [0.3, 0.4) is 0 Å². The minimum absolute atomic E-state index is 0.163. The van der Waals surface area contributed by atoms with Gasteiger partial charge in [0.15, 0.2) is 5.79 Å². The highest BCUT2D eigenvalue weighted by atomic mass is 32.2. The van der Waals surface area contributed by atoms with Gasteiger partial charge in [-0.2, -0.15) is 5.10 Å². The predicted octanol–water partition coefficient (Wildman–Crippen LogP) is 1.11. The average molecular weight is 317 g/mol. The van der Waals surface area contributed by atoms with Gasteiger partial charge in [-0.3, -0.25) is 4.68 Å². The van der Waals surface area contributed by atoms with Gasteiger partial charge in [-0.25, -0.2) is 13.1 Å². The number of aryl methyl sites for hydroxylation is 1. The molecule has 1 aromatic rings. The molecule has 0 amide bonds. The van der Waals surface area contributed by atoms with Crippen molar-refractivity contribution < 1.29 is 17.9 Å². The minimum Gasteiger partial charge on any atom is -0.352 e. The molecule has 0 unspecified atom stereocenters. The van der Waals surface area contributed by atoms with Crippen LogP contribution >= 0.6 is 0 Å². The van der Waals surface area contributed by atoms with E-state index < -0.39 is 21.9 Å². The molecule has 7 nitrogen and oxygen atoms in total. The van der Waals surface area contributed by atoms with Gasteiger partial charge >= 0.3 is 0 Å². The number of methoxy groups -OCH3 is 2. The van der Waals surface area contributed by atoms with E-state index in [0.29, 0.717) is 19.4 Å². The monoisotopic (exact) mass is 317 g/mol. The summed E-state index contributed by atoms with van der Waals surface area (Å²) >= 11 is 0. The Labute approximate surface area is 125 Å². The maximum Gasteiger partial charge on any atom is 0.244 e. The lowest BCUT2D eigenvalue weighted by Gasteiger charge is -2.41. The van der Waals surface area contributed by atoms with Gasteiger partial charge in [0.25, 0.3) is 0 Å². The Hall–Kier alpha value is -0.960. The Balaban J connectivity index is 2.21. The van der Waals surface area contributed by atoms with Crippen LogP contribution in [0.25, 0.3) is 0 Å². The van der Waals surface area contributed by atoms with Crippen LogP contribution in [0.5, 0.6) is 0 Å². The second-order valence-electron chi connectivity index (χ2n) is 5.17. The zero-order valence-corrected chi connectivity index (χ0v) is 13.5. The Bertz CT molecular complexity index is 566. The van der Waals surface area contributed by atoms with Crippen LogP contribution in [0.1, 0.15) is 32.6 Å². The largest absolute Gasteiger partial charge is 0.352 e. The molecule has 1 aliphatic carbocycles. The molecule has 0 radical (unpaired) electrons. The summed E-state index contributed by atoms with van der Waals surface area (Å²) in [5, 5.41) is 4.01. The van der Waals surface area contributed by atoms with Crippen molar-refractivity contribution >= 4 is 10.0 Å². The highest BCUT2D eigenvalue weighted by Crippen LogP contribution is 2.33. The molecule has 1 fully saturated rings. The van der Waals surface area contributed by atoms with Crippen LogP contribution in [0.15, 0.2) is 17.3 Å². The Morgan fingerprint density at radius 2 is 2.14 bits per heavy atom. The standard InChI is InChI=1S/C13H23N3O4S/c1-4-16-10-11(9-14-16)21(17,18)15-12-7-5-6-8-13(12,19-2)20-3/h9-10,12,15H,4-8H2,1-3H3/t12-/m1/s1. The van der Waals surface area contributed by atoms with E-state index in [1.165, 1.54) is 12.4 Å². The highest BCUT2D eigenvalue weighted by Gasteiger charge is 2.43. The number of aromatic nitrogens is 2. The molecule has 1 atom stereocenters. The first-order valence-electron chi connectivity index (χ1n) is 7.12. The number of sulfonamides is 1. The molecule has 1 aliphatic rings. The van der Waals surface area contributed by atoms with Crippen molar-refractivity contribution in [3.63, 3.8) is 0 Å². The fraction of sp³-hybridized carbons (Fsp3) is 0.769. The Morgan fingerprint density at radius 3 is 2.71 bits per heavy atom. The molecular formula is C13H23N3O4S. The molecule has 1 heterocycles. The molecule has 8 heteroatoms. The van der Waals surface area contributed by atoms with E-state index in [4.69, 9.17) is 9.47 Å². The third-order valence-corrected chi connectivity index (χ3v) is 5.46. The number of nitrogens with one attached hydrogen (secondary N) is 1. The Morgan fingerprint density at radius 1 is 1.43 bits per heavy atom. The number of hydrogen-bond acceptors (Lipinski definition) is 5. The molecule has 1 N–H and O–H groups in total. The molecule has 1 saturated carbocycles. The van der Waals surface area contributed by atoms with Crippen LogP contribution in [0.4, 0.5) is 0 Å². The van der Waals surface area contributed by atoms with Crippen LogP contribution in [-0.2, 0) is 26.0 Å². The van der Waals surface area contributed by atoms with Crippen LogP contribution in [-0.4, -0.2) is 44.2 Å². The molecular weight excluding hydrogens is 294 g/mol. The zero-order chi connectivity index (χ0) is 15.5. The lowest BCUT2D eigenvalue weighted by Crippen LogP contribution is -2.56. The summed E-state index contributed by atoms with van der Waals surface area (Å²) in [7, 11) is -0.540. The van der Waals surface area contributed by atoms with Crippen molar-refractivity contribution in [2.75, 3.05) is 14.2 Å².